The first-order valence-corrected chi connectivity index (χ1v) is 51.2. The van der Waals surface area contributed by atoms with Crippen LogP contribution in [0.4, 0.5) is 0 Å². The van der Waals surface area contributed by atoms with E-state index >= 15 is 0 Å². The zero-order valence-corrected chi connectivity index (χ0v) is 81.7. The molecule has 0 bridgehead atoms. The highest BCUT2D eigenvalue weighted by atomic mass is 15.1. The number of rotatable bonds is 15. The van der Waals surface area contributed by atoms with Gasteiger partial charge in [0.05, 0.1) is 83.3 Å². The maximum absolute atomic E-state index is 5.39. The van der Waals surface area contributed by atoms with E-state index in [1.165, 1.54) is 137 Å². The monoisotopic (exact) mass is 1910 g/mol. The van der Waals surface area contributed by atoms with Crippen LogP contribution < -0.4 is 0 Å². The van der Waals surface area contributed by atoms with E-state index < -0.39 is 0 Å². The number of para-hydroxylation sites is 12. The molecule has 9 nitrogen and oxygen atoms in total. The maximum Gasteiger partial charge on any atom is 0.138 e. The summed E-state index contributed by atoms with van der Waals surface area (Å²) < 4.78 is 14.3. The summed E-state index contributed by atoms with van der Waals surface area (Å²) in [6.07, 6.45) is 0. The maximum atomic E-state index is 5.39. The Labute approximate surface area is 866 Å². The molecule has 0 unspecified atom stereocenters. The zero-order valence-electron chi connectivity index (χ0n) is 81.7. The Morgan fingerprint density at radius 3 is 0.747 bits per heavy atom. The van der Waals surface area contributed by atoms with Crippen LogP contribution in [0.3, 0.4) is 0 Å². The topological polar surface area (TPSA) is 68.2 Å². The molecule has 21 aromatic carbocycles. The van der Waals surface area contributed by atoms with E-state index in [9.17, 15) is 0 Å². The Kier molecular flexibility index (Phi) is 21.8. The minimum absolute atomic E-state index is 0.894. The number of fused-ring (bicyclic) bond motifs is 18. The highest BCUT2D eigenvalue weighted by molar-refractivity contribution is 6.23. The molecule has 0 aliphatic carbocycles. The summed E-state index contributed by atoms with van der Waals surface area (Å²) in [6, 6.07) is 202. The molecule has 150 heavy (non-hydrogen) atoms. The van der Waals surface area contributed by atoms with E-state index in [0.717, 1.165) is 129 Å². The van der Waals surface area contributed by atoms with Crippen LogP contribution in [0.5, 0.6) is 0 Å². The highest BCUT2D eigenvalue weighted by Crippen LogP contribution is 2.49. The number of pyridine rings is 3. The van der Waals surface area contributed by atoms with Crippen molar-refractivity contribution in [1.29, 1.82) is 0 Å². The minimum Gasteiger partial charge on any atom is -0.309 e. The fraction of sp³-hybridized carbons (Fsp3) is 0. The van der Waals surface area contributed by atoms with Crippen molar-refractivity contribution in [3.05, 3.63) is 564 Å². The second-order valence-corrected chi connectivity index (χ2v) is 38.4. The molecule has 9 heteroatoms. The van der Waals surface area contributed by atoms with Gasteiger partial charge in [-0.2, -0.15) is 0 Å². The van der Waals surface area contributed by atoms with Gasteiger partial charge in [-0.25, -0.2) is 15.0 Å². The second kappa shape index (κ2) is 37.2. The molecular weight excluding hydrogens is 1820 g/mol. The van der Waals surface area contributed by atoms with E-state index in [2.05, 4.69) is 592 Å². The van der Waals surface area contributed by atoms with Gasteiger partial charge < -0.3 is 13.7 Å². The highest BCUT2D eigenvalue weighted by Gasteiger charge is 2.28. The van der Waals surface area contributed by atoms with Gasteiger partial charge in [0, 0.05) is 115 Å². The quantitative estimate of drug-likeness (QED) is 0.103. The summed E-state index contributed by atoms with van der Waals surface area (Å²) >= 11 is 0. The van der Waals surface area contributed by atoms with Crippen molar-refractivity contribution in [2.45, 2.75) is 0 Å². The van der Waals surface area contributed by atoms with Crippen LogP contribution in [0.1, 0.15) is 0 Å². The number of aromatic nitrogens is 9. The zero-order chi connectivity index (χ0) is 99.1. The van der Waals surface area contributed by atoms with Crippen molar-refractivity contribution in [3.63, 3.8) is 0 Å². The molecular formula is C141H93N9. The van der Waals surface area contributed by atoms with Gasteiger partial charge in [0.1, 0.15) is 17.5 Å². The van der Waals surface area contributed by atoms with E-state index in [1.807, 2.05) is 0 Å². The molecule has 0 amide bonds. The third-order valence-corrected chi connectivity index (χ3v) is 29.7. The first kappa shape index (κ1) is 87.6. The van der Waals surface area contributed by atoms with Gasteiger partial charge in [0.25, 0.3) is 0 Å². The van der Waals surface area contributed by atoms with Crippen LogP contribution in [-0.4, -0.2) is 42.4 Å². The van der Waals surface area contributed by atoms with E-state index in [-0.39, 0.29) is 0 Å². The number of benzene rings is 21. The van der Waals surface area contributed by atoms with Crippen molar-refractivity contribution >= 4 is 131 Å². The standard InChI is InChI=1S/3C47H31N3/c1-4-15-32(16-5-1)35-30-42(33-17-6-2-7-18-33)48-46(31-35)50-44-26-13-10-21-38(44)40-24-14-23-37(47(40)50)34-27-28-45-41(29-34)39-22-11-12-25-43(39)49(45)36-19-8-3-9-20-36;1-4-16-32(17-5-1)34-30-41(33-18-6-2-7-19-33)48-45(31-34)50-43-28-13-11-23-40(43)46-37(24-15-29-44(46)50)39-26-14-25-38-36-22-10-12-27-42(36)49(47(38)39)35-20-8-3-9-21-35;1-4-15-32(16-5-1)35-30-42(33-17-6-2-7-18-33)48-46(31-35)50-44-26-13-11-22-39(44)41-29-34(27-28-45(41)50)37-23-14-24-40-38-21-10-12-25-43(38)49(47(37)40)36-19-8-3-9-20-36/h3*1-31H. The van der Waals surface area contributed by atoms with Crippen LogP contribution in [0.2, 0.25) is 0 Å². The van der Waals surface area contributed by atoms with Gasteiger partial charge in [-0.1, -0.05) is 425 Å². The van der Waals surface area contributed by atoms with Crippen LogP contribution in [-0.2, 0) is 0 Å². The molecule has 0 atom stereocenters. The average molecular weight is 1910 g/mol. The summed E-state index contributed by atoms with van der Waals surface area (Å²) in [5, 5.41) is 14.7. The van der Waals surface area contributed by atoms with Crippen molar-refractivity contribution in [3.8, 4) is 135 Å². The second-order valence-electron chi connectivity index (χ2n) is 38.4. The van der Waals surface area contributed by atoms with Gasteiger partial charge in [-0.05, 0) is 190 Å². The Morgan fingerprint density at radius 1 is 0.120 bits per heavy atom. The molecule has 0 aliphatic heterocycles. The van der Waals surface area contributed by atoms with Gasteiger partial charge >= 0.3 is 0 Å². The summed E-state index contributed by atoms with van der Waals surface area (Å²) in [5.74, 6) is 2.69. The number of nitrogens with zero attached hydrogens (tertiary/aromatic N) is 9. The molecule has 0 spiro atoms. The van der Waals surface area contributed by atoms with Crippen molar-refractivity contribution in [2.24, 2.45) is 0 Å². The molecule has 0 aliphatic rings. The Balaban J connectivity index is 0.000000108. The van der Waals surface area contributed by atoms with E-state index in [0.29, 0.717) is 0 Å². The average Bonchev–Trinajstić information content (AvgIpc) is 1.49. The normalized spacial score (nSPS) is 11.6. The molecule has 0 saturated heterocycles. The molecule has 30 rings (SSSR count). The lowest BCUT2D eigenvalue weighted by atomic mass is 9.97. The smallest absolute Gasteiger partial charge is 0.138 e. The lowest BCUT2D eigenvalue weighted by Gasteiger charge is -2.15. The predicted octanol–water partition coefficient (Wildman–Crippen LogP) is 36.8. The molecule has 0 radical (unpaired) electrons. The molecule has 0 fully saturated rings. The molecule has 9 aromatic heterocycles. The van der Waals surface area contributed by atoms with Crippen LogP contribution in [0.25, 0.3) is 266 Å². The number of hydrogen-bond donors (Lipinski definition) is 0. The lowest BCUT2D eigenvalue weighted by Crippen LogP contribution is -2.01. The van der Waals surface area contributed by atoms with Gasteiger partial charge in [-0.3, -0.25) is 13.7 Å². The van der Waals surface area contributed by atoms with E-state index in [1.54, 1.807) is 0 Å². The minimum atomic E-state index is 0.894. The Morgan fingerprint density at radius 2 is 0.360 bits per heavy atom. The molecule has 702 valence electrons. The van der Waals surface area contributed by atoms with Crippen molar-refractivity contribution in [2.75, 3.05) is 0 Å². The summed E-state index contributed by atoms with van der Waals surface area (Å²) in [6.45, 7) is 0. The Hall–Kier alpha value is -20.1. The first-order valence-electron chi connectivity index (χ1n) is 51.2. The summed E-state index contributed by atoms with van der Waals surface area (Å²) in [7, 11) is 0. The van der Waals surface area contributed by atoms with Crippen LogP contribution in [0.15, 0.2) is 564 Å². The van der Waals surface area contributed by atoms with Gasteiger partial charge in [0.2, 0.25) is 0 Å². The van der Waals surface area contributed by atoms with E-state index in [4.69, 9.17) is 15.0 Å². The predicted molar refractivity (Wildman–Crippen MR) is 628 cm³/mol. The molecule has 9 heterocycles. The summed E-state index contributed by atoms with van der Waals surface area (Å²) in [4.78, 5) is 16.1. The van der Waals surface area contributed by atoms with Crippen molar-refractivity contribution < 1.29 is 0 Å². The van der Waals surface area contributed by atoms with Crippen molar-refractivity contribution in [1.82, 2.24) is 42.4 Å². The molecule has 0 saturated carbocycles. The largest absolute Gasteiger partial charge is 0.309 e. The third kappa shape index (κ3) is 15.2. The van der Waals surface area contributed by atoms with Crippen LogP contribution in [0, 0.1) is 0 Å². The number of hydrogen-bond acceptors (Lipinski definition) is 3. The fourth-order valence-corrected chi connectivity index (χ4v) is 23.1. The van der Waals surface area contributed by atoms with Gasteiger partial charge in [-0.15, -0.1) is 0 Å². The first-order chi connectivity index (χ1) is 74.5. The lowest BCUT2D eigenvalue weighted by molar-refractivity contribution is 1.08. The van der Waals surface area contributed by atoms with Gasteiger partial charge in [0.15, 0.2) is 0 Å². The molecule has 0 N–H and O–H groups in total. The Bertz CT molecular complexity index is 10300. The third-order valence-electron chi connectivity index (χ3n) is 29.7. The van der Waals surface area contributed by atoms with Crippen LogP contribution >= 0.6 is 0 Å². The molecule has 30 aromatic rings. The SMILES string of the molecule is c1ccc(-c2cc(-c3ccccc3)nc(-n3c4ccccc4c4c(-c5cccc6c7ccccc7n(-c7ccccc7)c56)cccc43)c2)cc1.c1ccc(-c2cc(-c3ccccc3)nc(-n3c4ccccc4c4cc(-c5cccc6c7ccccc7n(-c7ccccc7)c56)ccc43)c2)cc1.c1ccc(-c2cc(-c3ccccc3)nc(-n3c4ccccc4c4cccc(-c5ccc6c(c5)c5ccccc5n6-c5ccccc5)c43)c2)cc1. The summed E-state index contributed by atoms with van der Waals surface area (Å²) in [5.41, 5.74) is 37.6. The fourth-order valence-electron chi connectivity index (χ4n) is 23.1.